The predicted molar refractivity (Wildman–Crippen MR) is 131 cm³/mol. The van der Waals surface area contributed by atoms with E-state index >= 15 is 0 Å². The predicted octanol–water partition coefficient (Wildman–Crippen LogP) is 4.75. The van der Waals surface area contributed by atoms with E-state index in [0.29, 0.717) is 17.6 Å². The van der Waals surface area contributed by atoms with Crippen LogP contribution in [0.1, 0.15) is 34.9 Å². The first-order valence-electron chi connectivity index (χ1n) is 10.7. The highest BCUT2D eigenvalue weighted by Gasteiger charge is 2.19. The van der Waals surface area contributed by atoms with Crippen molar-refractivity contribution in [3.05, 3.63) is 40.5 Å². The molecule has 170 valence electrons. The first kappa shape index (κ1) is 22.8. The summed E-state index contributed by atoms with van der Waals surface area (Å²) < 4.78 is 11.6. The first-order chi connectivity index (χ1) is 15.4. The summed E-state index contributed by atoms with van der Waals surface area (Å²) in [6, 6.07) is 7.78. The highest BCUT2D eigenvalue weighted by molar-refractivity contribution is 7.99. The van der Waals surface area contributed by atoms with Gasteiger partial charge in [-0.3, -0.25) is 4.90 Å². The number of methoxy groups -OCH3 is 1. The molecule has 0 radical (unpaired) electrons. The number of thioether (sulfide) groups is 1. The van der Waals surface area contributed by atoms with E-state index in [9.17, 15) is 0 Å². The molecule has 7 nitrogen and oxygen atoms in total. The molecular formula is C23H29N5O2S2. The number of ether oxygens (including phenoxy) is 2. The molecule has 1 atom stereocenters. The minimum Gasteiger partial charge on any atom is -0.493 e. The van der Waals surface area contributed by atoms with Gasteiger partial charge in [0.2, 0.25) is 0 Å². The zero-order valence-corrected chi connectivity index (χ0v) is 20.6. The molecular weight excluding hydrogens is 442 g/mol. The van der Waals surface area contributed by atoms with Gasteiger partial charge in [0, 0.05) is 28.7 Å². The maximum Gasteiger partial charge on any atom is 0.190 e. The molecule has 3 aromatic rings. The Morgan fingerprint density at radius 3 is 2.66 bits per heavy atom. The van der Waals surface area contributed by atoms with Crippen LogP contribution in [0.3, 0.4) is 0 Å². The molecule has 1 aliphatic rings. The summed E-state index contributed by atoms with van der Waals surface area (Å²) in [6.07, 6.45) is 1.28. The van der Waals surface area contributed by atoms with Crippen LogP contribution in [0.15, 0.2) is 29.4 Å². The Morgan fingerprint density at radius 1 is 1.16 bits per heavy atom. The smallest absolute Gasteiger partial charge is 0.190 e. The molecule has 0 saturated carbocycles. The van der Waals surface area contributed by atoms with Crippen molar-refractivity contribution in [3.8, 4) is 22.1 Å². The molecule has 0 amide bonds. The summed E-state index contributed by atoms with van der Waals surface area (Å²) in [4.78, 5) is 17.4. The van der Waals surface area contributed by atoms with E-state index in [1.165, 1.54) is 11.3 Å². The average Bonchev–Trinajstić information content (AvgIpc) is 3.10. The van der Waals surface area contributed by atoms with E-state index in [-0.39, 0.29) is 5.25 Å². The van der Waals surface area contributed by atoms with Crippen molar-refractivity contribution in [2.45, 2.75) is 37.6 Å². The lowest BCUT2D eigenvalue weighted by atomic mass is 10.2. The van der Waals surface area contributed by atoms with Crippen LogP contribution in [0.5, 0.6) is 11.5 Å². The number of benzene rings is 1. The minimum atomic E-state index is 0.103. The van der Waals surface area contributed by atoms with Gasteiger partial charge in [-0.25, -0.2) is 15.0 Å². The number of hydrogen-bond acceptors (Lipinski definition) is 9. The lowest BCUT2D eigenvalue weighted by Gasteiger charge is -2.30. The Balaban J connectivity index is 1.51. The Bertz CT molecular complexity index is 1060. The number of nitrogen functional groups attached to an aromatic ring is 1. The number of hydrogen-bond donors (Lipinski definition) is 1. The number of likely N-dealkylation sites (tertiary alicyclic amines) is 1. The van der Waals surface area contributed by atoms with Crippen molar-refractivity contribution >= 4 is 28.9 Å². The Labute approximate surface area is 197 Å². The van der Waals surface area contributed by atoms with Crippen molar-refractivity contribution in [1.82, 2.24) is 19.9 Å². The molecule has 1 saturated heterocycles. The Hall–Kier alpha value is -2.36. The fraction of sp³-hybridized carbons (Fsp3) is 0.435. The molecule has 0 aliphatic carbocycles. The number of nitrogens with two attached hydrogens (primary N) is 1. The monoisotopic (exact) mass is 471 g/mol. The molecule has 2 aromatic heterocycles. The SMILES string of the molecule is COc1ccc(-c2nc([C@@H](C)Sc3nc(C)cc(N)n3)c(C)s2)cc1OCCN1CCC1. The van der Waals surface area contributed by atoms with Crippen LogP contribution < -0.4 is 15.2 Å². The Kier molecular flexibility index (Phi) is 7.17. The molecule has 3 heterocycles. The highest BCUT2D eigenvalue weighted by Crippen LogP contribution is 2.40. The van der Waals surface area contributed by atoms with Gasteiger partial charge < -0.3 is 15.2 Å². The van der Waals surface area contributed by atoms with Crippen LogP contribution in [0.2, 0.25) is 0 Å². The van der Waals surface area contributed by atoms with Crippen LogP contribution in [0, 0.1) is 13.8 Å². The summed E-state index contributed by atoms with van der Waals surface area (Å²) in [6.45, 7) is 10.1. The second kappa shape index (κ2) is 10.1. The lowest BCUT2D eigenvalue weighted by molar-refractivity contribution is 0.145. The quantitative estimate of drug-likeness (QED) is 0.354. The minimum absolute atomic E-state index is 0.103. The third-order valence-electron chi connectivity index (χ3n) is 5.38. The average molecular weight is 472 g/mol. The summed E-state index contributed by atoms with van der Waals surface area (Å²) in [5.74, 6) is 1.98. The maximum absolute atomic E-state index is 6.06. The van der Waals surface area contributed by atoms with Crippen LogP contribution >= 0.6 is 23.1 Å². The molecule has 1 aromatic carbocycles. The van der Waals surface area contributed by atoms with Crippen molar-refractivity contribution < 1.29 is 9.47 Å². The van der Waals surface area contributed by atoms with Gasteiger partial charge in [-0.05, 0) is 58.5 Å². The highest BCUT2D eigenvalue weighted by atomic mass is 32.2. The first-order valence-corrected chi connectivity index (χ1v) is 12.4. The fourth-order valence-corrected chi connectivity index (χ4v) is 5.65. The largest absolute Gasteiger partial charge is 0.493 e. The summed E-state index contributed by atoms with van der Waals surface area (Å²) in [5, 5.41) is 1.74. The number of anilines is 1. The number of nitrogens with zero attached hydrogens (tertiary/aromatic N) is 4. The van der Waals surface area contributed by atoms with Crippen LogP contribution in [0.25, 0.3) is 10.6 Å². The van der Waals surface area contributed by atoms with Crippen molar-refractivity contribution in [3.63, 3.8) is 0 Å². The zero-order valence-electron chi connectivity index (χ0n) is 18.9. The van der Waals surface area contributed by atoms with E-state index in [4.69, 9.17) is 20.2 Å². The molecule has 0 spiro atoms. The van der Waals surface area contributed by atoms with Crippen LogP contribution in [-0.2, 0) is 0 Å². The molecule has 0 bridgehead atoms. The number of aryl methyl sites for hydroxylation is 2. The van der Waals surface area contributed by atoms with Crippen LogP contribution in [0.4, 0.5) is 5.82 Å². The zero-order chi connectivity index (χ0) is 22.7. The molecule has 1 aliphatic heterocycles. The topological polar surface area (TPSA) is 86.4 Å². The van der Waals surface area contributed by atoms with Gasteiger partial charge >= 0.3 is 0 Å². The number of rotatable bonds is 9. The van der Waals surface area contributed by atoms with E-state index < -0.39 is 0 Å². The summed E-state index contributed by atoms with van der Waals surface area (Å²) in [7, 11) is 1.67. The third kappa shape index (κ3) is 5.33. The fourth-order valence-electron chi connectivity index (χ4n) is 3.55. The Morgan fingerprint density at radius 2 is 1.97 bits per heavy atom. The second-order valence-electron chi connectivity index (χ2n) is 7.85. The normalized spacial score (nSPS) is 14.8. The molecule has 4 rings (SSSR count). The van der Waals surface area contributed by atoms with Gasteiger partial charge in [0.25, 0.3) is 0 Å². The molecule has 0 unspecified atom stereocenters. The van der Waals surface area contributed by atoms with Crippen molar-refractivity contribution in [2.75, 3.05) is 39.1 Å². The number of thiazole rings is 1. The van der Waals surface area contributed by atoms with Gasteiger partial charge in [-0.15, -0.1) is 11.3 Å². The molecule has 9 heteroatoms. The van der Waals surface area contributed by atoms with E-state index in [0.717, 1.165) is 53.1 Å². The lowest BCUT2D eigenvalue weighted by Crippen LogP contribution is -2.39. The molecule has 32 heavy (non-hydrogen) atoms. The van der Waals surface area contributed by atoms with Crippen LogP contribution in [-0.4, -0.2) is 53.2 Å². The van der Waals surface area contributed by atoms with Gasteiger partial charge in [0.15, 0.2) is 16.7 Å². The van der Waals surface area contributed by atoms with E-state index in [1.807, 2.05) is 25.1 Å². The molecule has 2 N–H and O–H groups in total. The second-order valence-corrected chi connectivity index (χ2v) is 10.4. The summed E-state index contributed by atoms with van der Waals surface area (Å²) >= 11 is 3.25. The van der Waals surface area contributed by atoms with Gasteiger partial charge in [0.1, 0.15) is 17.4 Å². The standard InChI is InChI=1S/C23H29N5O2S2/c1-14-12-20(24)26-23(25-14)32-16(3)21-15(2)31-22(27-21)17-6-7-18(29-4)19(13-17)30-11-10-28-8-5-9-28/h6-7,12-13,16H,5,8-11H2,1-4H3,(H2,24,25,26)/t16-/m1/s1. The number of aromatic nitrogens is 3. The van der Waals surface area contributed by atoms with Crippen molar-refractivity contribution in [2.24, 2.45) is 0 Å². The van der Waals surface area contributed by atoms with Crippen molar-refractivity contribution in [1.29, 1.82) is 0 Å². The maximum atomic E-state index is 6.06. The van der Waals surface area contributed by atoms with E-state index in [2.05, 4.69) is 28.7 Å². The van der Waals surface area contributed by atoms with E-state index in [1.54, 1.807) is 36.3 Å². The molecule has 1 fully saturated rings. The third-order valence-corrected chi connectivity index (χ3v) is 7.38. The van der Waals surface area contributed by atoms with Gasteiger partial charge in [-0.2, -0.15) is 0 Å². The summed E-state index contributed by atoms with van der Waals surface area (Å²) in [5.41, 5.74) is 8.81. The van der Waals surface area contributed by atoms with Gasteiger partial charge in [-0.1, -0.05) is 11.8 Å². The van der Waals surface area contributed by atoms with Gasteiger partial charge in [0.05, 0.1) is 18.1 Å².